The lowest BCUT2D eigenvalue weighted by atomic mass is 10.1. The summed E-state index contributed by atoms with van der Waals surface area (Å²) in [6.45, 7) is 7.84. The molecule has 6 heteroatoms. The summed E-state index contributed by atoms with van der Waals surface area (Å²) >= 11 is 12.0. The smallest absolute Gasteiger partial charge is 0.180 e. The van der Waals surface area contributed by atoms with Gasteiger partial charge in [0.1, 0.15) is 5.69 Å². The highest BCUT2D eigenvalue weighted by Gasteiger charge is 2.13. The monoisotopic (exact) mass is 324 g/mol. The van der Waals surface area contributed by atoms with Gasteiger partial charge in [0.15, 0.2) is 5.82 Å². The molecular weight excluding hydrogens is 307 g/mol. The molecule has 2 rings (SSSR count). The van der Waals surface area contributed by atoms with Crippen LogP contribution in [0, 0.1) is 13.8 Å². The highest BCUT2D eigenvalue weighted by Crippen LogP contribution is 2.26. The summed E-state index contributed by atoms with van der Waals surface area (Å²) < 4.78 is 0. The van der Waals surface area contributed by atoms with E-state index in [0.29, 0.717) is 21.6 Å². The standard InChI is InChI=1S/C15H18Cl2N4/c1-4-5-18-8-12-9(2)20-15(21-10(12)3)14-13(17)6-11(16)7-19-14/h6-7,18H,4-5,8H2,1-3H3. The van der Waals surface area contributed by atoms with Crippen LogP contribution < -0.4 is 5.32 Å². The van der Waals surface area contributed by atoms with Crippen LogP contribution in [0.1, 0.15) is 30.3 Å². The van der Waals surface area contributed by atoms with Gasteiger partial charge in [0.05, 0.1) is 10.0 Å². The van der Waals surface area contributed by atoms with Crippen LogP contribution >= 0.6 is 23.2 Å². The molecule has 0 aliphatic rings. The van der Waals surface area contributed by atoms with Crippen molar-refractivity contribution < 1.29 is 0 Å². The Morgan fingerprint density at radius 1 is 1.14 bits per heavy atom. The first-order valence-electron chi connectivity index (χ1n) is 6.89. The van der Waals surface area contributed by atoms with E-state index in [1.54, 1.807) is 12.3 Å². The Morgan fingerprint density at radius 2 is 1.81 bits per heavy atom. The number of nitrogens with zero attached hydrogens (tertiary/aromatic N) is 3. The van der Waals surface area contributed by atoms with E-state index in [2.05, 4.69) is 27.2 Å². The molecule has 4 nitrogen and oxygen atoms in total. The SMILES string of the molecule is CCCNCc1c(C)nc(-c2ncc(Cl)cc2Cl)nc1C. The number of hydrogen-bond acceptors (Lipinski definition) is 4. The Hall–Kier alpha value is -1.23. The normalized spacial score (nSPS) is 10.9. The molecule has 0 saturated heterocycles. The van der Waals surface area contributed by atoms with Gasteiger partial charge in [-0.1, -0.05) is 30.1 Å². The van der Waals surface area contributed by atoms with Crippen LogP contribution in [-0.4, -0.2) is 21.5 Å². The lowest BCUT2D eigenvalue weighted by Crippen LogP contribution is -2.17. The average molecular weight is 325 g/mol. The van der Waals surface area contributed by atoms with Crippen molar-refractivity contribution in [2.24, 2.45) is 0 Å². The highest BCUT2D eigenvalue weighted by molar-refractivity contribution is 6.35. The van der Waals surface area contributed by atoms with Crippen molar-refractivity contribution in [2.45, 2.75) is 33.7 Å². The minimum atomic E-state index is 0.457. The van der Waals surface area contributed by atoms with E-state index in [4.69, 9.17) is 23.2 Å². The van der Waals surface area contributed by atoms with E-state index in [0.717, 1.165) is 36.5 Å². The van der Waals surface area contributed by atoms with E-state index in [-0.39, 0.29) is 0 Å². The fraction of sp³-hybridized carbons (Fsp3) is 0.400. The summed E-state index contributed by atoms with van der Waals surface area (Å²) in [5, 5.41) is 4.33. The number of rotatable bonds is 5. The quantitative estimate of drug-likeness (QED) is 0.846. The molecule has 0 atom stereocenters. The lowest BCUT2D eigenvalue weighted by molar-refractivity contribution is 0.665. The number of hydrogen-bond donors (Lipinski definition) is 1. The van der Waals surface area contributed by atoms with Crippen LogP contribution in [0.5, 0.6) is 0 Å². The fourth-order valence-corrected chi connectivity index (χ4v) is 2.54. The van der Waals surface area contributed by atoms with E-state index < -0.39 is 0 Å². The summed E-state index contributed by atoms with van der Waals surface area (Å²) in [6, 6.07) is 1.65. The first kappa shape index (κ1) is 16.1. The number of halogens is 2. The van der Waals surface area contributed by atoms with Gasteiger partial charge in [-0.15, -0.1) is 0 Å². The average Bonchev–Trinajstić information content (AvgIpc) is 2.41. The second-order valence-electron chi connectivity index (χ2n) is 4.86. The van der Waals surface area contributed by atoms with Crippen LogP contribution in [0.15, 0.2) is 12.3 Å². The molecule has 0 radical (unpaired) electrons. The van der Waals surface area contributed by atoms with Crippen LogP contribution in [-0.2, 0) is 6.54 Å². The van der Waals surface area contributed by atoms with Crippen LogP contribution in [0.25, 0.3) is 11.5 Å². The van der Waals surface area contributed by atoms with Crippen molar-refractivity contribution >= 4 is 23.2 Å². The first-order chi connectivity index (χ1) is 10.0. The van der Waals surface area contributed by atoms with Gasteiger partial charge in [-0.25, -0.2) is 15.0 Å². The largest absolute Gasteiger partial charge is 0.313 e. The van der Waals surface area contributed by atoms with Gasteiger partial charge in [-0.3, -0.25) is 0 Å². The van der Waals surface area contributed by atoms with Gasteiger partial charge in [-0.05, 0) is 32.9 Å². The van der Waals surface area contributed by atoms with Gasteiger partial charge < -0.3 is 5.32 Å². The molecule has 0 unspecified atom stereocenters. The minimum Gasteiger partial charge on any atom is -0.313 e. The molecule has 1 N–H and O–H groups in total. The lowest BCUT2D eigenvalue weighted by Gasteiger charge is -2.12. The number of aromatic nitrogens is 3. The first-order valence-corrected chi connectivity index (χ1v) is 7.64. The summed E-state index contributed by atoms with van der Waals surface area (Å²) in [4.78, 5) is 13.3. The maximum Gasteiger partial charge on any atom is 0.180 e. The molecule has 2 aromatic rings. The van der Waals surface area contributed by atoms with E-state index in [1.165, 1.54) is 0 Å². The third kappa shape index (κ3) is 3.90. The predicted octanol–water partition coefficient (Wildman–Crippen LogP) is 3.96. The molecule has 0 aliphatic carbocycles. The van der Waals surface area contributed by atoms with E-state index >= 15 is 0 Å². The molecule has 112 valence electrons. The summed E-state index contributed by atoms with van der Waals surface area (Å²) in [7, 11) is 0. The Labute approximate surface area is 134 Å². The van der Waals surface area contributed by atoms with Crippen molar-refractivity contribution in [1.82, 2.24) is 20.3 Å². The number of aryl methyl sites for hydroxylation is 2. The van der Waals surface area contributed by atoms with E-state index in [1.807, 2.05) is 13.8 Å². The van der Waals surface area contributed by atoms with Gasteiger partial charge >= 0.3 is 0 Å². The third-order valence-corrected chi connectivity index (χ3v) is 3.66. The van der Waals surface area contributed by atoms with E-state index in [9.17, 15) is 0 Å². The van der Waals surface area contributed by atoms with Gasteiger partial charge in [0.2, 0.25) is 0 Å². The van der Waals surface area contributed by atoms with Crippen LogP contribution in [0.2, 0.25) is 10.0 Å². The highest BCUT2D eigenvalue weighted by atomic mass is 35.5. The molecule has 0 saturated carbocycles. The molecule has 2 aromatic heterocycles. The zero-order valence-electron chi connectivity index (χ0n) is 12.4. The fourth-order valence-electron chi connectivity index (χ4n) is 2.07. The van der Waals surface area contributed by atoms with Crippen LogP contribution in [0.3, 0.4) is 0 Å². The second-order valence-corrected chi connectivity index (χ2v) is 5.70. The Kier molecular flexibility index (Phi) is 5.51. The Morgan fingerprint density at radius 3 is 2.38 bits per heavy atom. The molecule has 0 spiro atoms. The maximum absolute atomic E-state index is 6.17. The Bertz CT molecular complexity index is 621. The topological polar surface area (TPSA) is 50.7 Å². The second kappa shape index (κ2) is 7.16. The summed E-state index contributed by atoms with van der Waals surface area (Å²) in [5.74, 6) is 0.533. The Balaban J connectivity index is 2.35. The molecule has 0 aliphatic heterocycles. The van der Waals surface area contributed by atoms with Crippen molar-refractivity contribution in [3.8, 4) is 11.5 Å². The molecule has 0 aromatic carbocycles. The maximum atomic E-state index is 6.17. The molecule has 2 heterocycles. The zero-order valence-corrected chi connectivity index (χ0v) is 13.9. The van der Waals surface area contributed by atoms with Crippen molar-refractivity contribution in [3.05, 3.63) is 39.3 Å². The number of pyridine rings is 1. The molecule has 0 fully saturated rings. The summed E-state index contributed by atoms with van der Waals surface area (Å²) in [6.07, 6.45) is 2.65. The van der Waals surface area contributed by atoms with Gasteiger partial charge in [-0.2, -0.15) is 0 Å². The third-order valence-electron chi connectivity index (χ3n) is 3.17. The zero-order chi connectivity index (χ0) is 15.4. The minimum absolute atomic E-state index is 0.457. The molecule has 0 amide bonds. The summed E-state index contributed by atoms with van der Waals surface area (Å²) in [5.41, 5.74) is 3.56. The van der Waals surface area contributed by atoms with Crippen molar-refractivity contribution in [2.75, 3.05) is 6.54 Å². The van der Waals surface area contributed by atoms with Crippen molar-refractivity contribution in [3.63, 3.8) is 0 Å². The van der Waals surface area contributed by atoms with Gasteiger partial charge in [0, 0.05) is 29.7 Å². The van der Waals surface area contributed by atoms with Gasteiger partial charge in [0.25, 0.3) is 0 Å². The number of nitrogens with one attached hydrogen (secondary N) is 1. The molecular formula is C15H18Cl2N4. The molecule has 21 heavy (non-hydrogen) atoms. The predicted molar refractivity (Wildman–Crippen MR) is 86.8 cm³/mol. The van der Waals surface area contributed by atoms with Crippen molar-refractivity contribution in [1.29, 1.82) is 0 Å². The van der Waals surface area contributed by atoms with Crippen LogP contribution in [0.4, 0.5) is 0 Å². The molecule has 0 bridgehead atoms.